The first-order chi connectivity index (χ1) is 11.5. The average Bonchev–Trinajstić information content (AvgIpc) is 3.27. The average molecular weight is 347 g/mol. The third-order valence-corrected chi connectivity index (χ3v) is 4.44. The van der Waals surface area contributed by atoms with Crippen LogP contribution in [-0.4, -0.2) is 32.6 Å². The fourth-order valence-corrected chi connectivity index (χ4v) is 2.88. The van der Waals surface area contributed by atoms with E-state index in [1.807, 2.05) is 49.2 Å². The maximum Gasteiger partial charge on any atom is 0.318 e. The monoisotopic (exact) mass is 346 g/mol. The Labute approximate surface area is 147 Å². The number of imidazole rings is 1. The summed E-state index contributed by atoms with van der Waals surface area (Å²) in [4.78, 5) is 18.8. The standard InChI is InChI=1S/C18H23ClN4O/c1-13(2)21-18(24)23(15-7-8-15)12-17-20-9-10-22(17)11-14-5-3-4-6-16(14)19/h3-6,9-10,13,15H,7-8,11-12H2,1-2H3,(H,21,24). The molecule has 1 aromatic heterocycles. The van der Waals surface area contributed by atoms with E-state index < -0.39 is 0 Å². The van der Waals surface area contributed by atoms with Crippen molar-refractivity contribution in [1.29, 1.82) is 0 Å². The third-order valence-electron chi connectivity index (χ3n) is 4.07. The number of benzene rings is 1. The Morgan fingerprint density at radius 1 is 1.42 bits per heavy atom. The second kappa shape index (κ2) is 7.26. The van der Waals surface area contributed by atoms with Crippen molar-refractivity contribution in [2.45, 2.75) is 51.9 Å². The van der Waals surface area contributed by atoms with Gasteiger partial charge in [-0.25, -0.2) is 9.78 Å². The van der Waals surface area contributed by atoms with Crippen molar-refractivity contribution in [2.24, 2.45) is 0 Å². The van der Waals surface area contributed by atoms with Gasteiger partial charge >= 0.3 is 6.03 Å². The first kappa shape index (κ1) is 16.8. The molecule has 1 fully saturated rings. The molecule has 1 aliphatic carbocycles. The zero-order valence-corrected chi connectivity index (χ0v) is 14.8. The molecule has 128 valence electrons. The molecule has 0 aliphatic heterocycles. The Bertz CT molecular complexity index is 709. The Kier molecular flexibility index (Phi) is 5.09. The van der Waals surface area contributed by atoms with E-state index in [-0.39, 0.29) is 12.1 Å². The molecule has 2 amide bonds. The SMILES string of the molecule is CC(C)NC(=O)N(Cc1nccn1Cc1ccccc1Cl)C1CC1. The number of nitrogens with one attached hydrogen (secondary N) is 1. The number of urea groups is 1. The quantitative estimate of drug-likeness (QED) is 0.867. The van der Waals surface area contributed by atoms with Gasteiger partial charge in [0.25, 0.3) is 0 Å². The van der Waals surface area contributed by atoms with Gasteiger partial charge < -0.3 is 14.8 Å². The van der Waals surface area contributed by atoms with Crippen LogP contribution in [0.1, 0.15) is 38.1 Å². The van der Waals surface area contributed by atoms with Crippen molar-refractivity contribution < 1.29 is 4.79 Å². The molecular formula is C18H23ClN4O. The molecule has 6 heteroatoms. The molecule has 0 unspecified atom stereocenters. The summed E-state index contributed by atoms with van der Waals surface area (Å²) in [5, 5.41) is 3.73. The van der Waals surface area contributed by atoms with Crippen LogP contribution >= 0.6 is 11.6 Å². The molecule has 1 aromatic carbocycles. The highest BCUT2D eigenvalue weighted by atomic mass is 35.5. The third kappa shape index (κ3) is 4.09. The number of rotatable bonds is 6. The number of hydrogen-bond acceptors (Lipinski definition) is 2. The van der Waals surface area contributed by atoms with Gasteiger partial charge in [-0.15, -0.1) is 0 Å². The van der Waals surface area contributed by atoms with Crippen LogP contribution in [0.15, 0.2) is 36.7 Å². The van der Waals surface area contributed by atoms with E-state index >= 15 is 0 Å². The molecule has 1 saturated carbocycles. The van der Waals surface area contributed by atoms with E-state index in [4.69, 9.17) is 11.6 Å². The molecule has 0 spiro atoms. The fraction of sp³-hybridized carbons (Fsp3) is 0.444. The summed E-state index contributed by atoms with van der Waals surface area (Å²) in [5.74, 6) is 0.876. The molecule has 3 rings (SSSR count). The predicted octanol–water partition coefficient (Wildman–Crippen LogP) is 3.67. The number of amides is 2. The number of hydrogen-bond donors (Lipinski definition) is 1. The first-order valence-corrected chi connectivity index (χ1v) is 8.73. The topological polar surface area (TPSA) is 50.2 Å². The minimum atomic E-state index is -0.0141. The van der Waals surface area contributed by atoms with Crippen molar-refractivity contribution in [3.8, 4) is 0 Å². The van der Waals surface area contributed by atoms with Gasteiger partial charge in [0, 0.05) is 29.5 Å². The lowest BCUT2D eigenvalue weighted by atomic mass is 10.2. The molecule has 2 aromatic rings. The highest BCUT2D eigenvalue weighted by molar-refractivity contribution is 6.31. The van der Waals surface area contributed by atoms with Crippen molar-refractivity contribution in [3.05, 3.63) is 53.1 Å². The van der Waals surface area contributed by atoms with Crippen LogP contribution in [0.4, 0.5) is 4.79 Å². The summed E-state index contributed by atoms with van der Waals surface area (Å²) >= 11 is 6.26. The molecule has 1 aliphatic rings. The van der Waals surface area contributed by atoms with Gasteiger partial charge in [0.2, 0.25) is 0 Å². The van der Waals surface area contributed by atoms with E-state index in [9.17, 15) is 4.79 Å². The lowest BCUT2D eigenvalue weighted by Gasteiger charge is -2.24. The molecule has 1 heterocycles. The minimum absolute atomic E-state index is 0.0141. The van der Waals surface area contributed by atoms with E-state index in [1.165, 1.54) is 0 Å². The Hall–Kier alpha value is -2.01. The number of aromatic nitrogens is 2. The predicted molar refractivity (Wildman–Crippen MR) is 95.0 cm³/mol. The van der Waals surface area contributed by atoms with Gasteiger partial charge in [-0.3, -0.25) is 0 Å². The van der Waals surface area contributed by atoms with E-state index in [0.717, 1.165) is 29.3 Å². The second-order valence-corrected chi connectivity index (χ2v) is 6.93. The van der Waals surface area contributed by atoms with Crippen molar-refractivity contribution in [1.82, 2.24) is 19.8 Å². The summed E-state index contributed by atoms with van der Waals surface area (Å²) in [5.41, 5.74) is 1.04. The number of carbonyl (C=O) groups is 1. The highest BCUT2D eigenvalue weighted by Crippen LogP contribution is 2.28. The van der Waals surface area contributed by atoms with Crippen LogP contribution in [-0.2, 0) is 13.1 Å². The Morgan fingerprint density at radius 3 is 2.83 bits per heavy atom. The molecular weight excluding hydrogens is 324 g/mol. The van der Waals surface area contributed by atoms with Crippen LogP contribution in [0.3, 0.4) is 0 Å². The molecule has 0 atom stereocenters. The zero-order valence-electron chi connectivity index (χ0n) is 14.1. The Balaban J connectivity index is 1.74. The molecule has 0 saturated heterocycles. The minimum Gasteiger partial charge on any atom is -0.336 e. The van der Waals surface area contributed by atoms with Gasteiger partial charge in [0.15, 0.2) is 0 Å². The van der Waals surface area contributed by atoms with E-state index in [1.54, 1.807) is 6.20 Å². The van der Waals surface area contributed by atoms with Crippen molar-refractivity contribution >= 4 is 17.6 Å². The van der Waals surface area contributed by atoms with Crippen LogP contribution in [0.5, 0.6) is 0 Å². The van der Waals surface area contributed by atoms with Crippen molar-refractivity contribution in [3.63, 3.8) is 0 Å². The van der Waals surface area contributed by atoms with Gasteiger partial charge in [0.1, 0.15) is 5.82 Å². The zero-order chi connectivity index (χ0) is 17.1. The van der Waals surface area contributed by atoms with Crippen LogP contribution in [0.25, 0.3) is 0 Å². The smallest absolute Gasteiger partial charge is 0.318 e. The van der Waals surface area contributed by atoms with Crippen LogP contribution in [0, 0.1) is 0 Å². The van der Waals surface area contributed by atoms with E-state index in [2.05, 4.69) is 14.9 Å². The molecule has 24 heavy (non-hydrogen) atoms. The van der Waals surface area contributed by atoms with Gasteiger partial charge in [0.05, 0.1) is 13.1 Å². The molecule has 0 bridgehead atoms. The first-order valence-electron chi connectivity index (χ1n) is 8.35. The molecule has 5 nitrogen and oxygen atoms in total. The largest absolute Gasteiger partial charge is 0.336 e. The normalized spacial score (nSPS) is 14.0. The molecule has 1 N–H and O–H groups in total. The maximum absolute atomic E-state index is 12.4. The molecule has 0 radical (unpaired) electrons. The summed E-state index contributed by atoms with van der Waals surface area (Å²) < 4.78 is 2.05. The summed E-state index contributed by atoms with van der Waals surface area (Å²) in [7, 11) is 0. The van der Waals surface area contributed by atoms with Crippen LogP contribution in [0.2, 0.25) is 5.02 Å². The van der Waals surface area contributed by atoms with Gasteiger partial charge in [-0.2, -0.15) is 0 Å². The fourth-order valence-electron chi connectivity index (χ4n) is 2.68. The summed E-state index contributed by atoms with van der Waals surface area (Å²) in [6, 6.07) is 8.24. The lowest BCUT2D eigenvalue weighted by molar-refractivity contribution is 0.187. The lowest BCUT2D eigenvalue weighted by Crippen LogP contribution is -2.44. The summed E-state index contributed by atoms with van der Waals surface area (Å²) in [6.07, 6.45) is 5.84. The number of halogens is 1. The van der Waals surface area contributed by atoms with Crippen molar-refractivity contribution in [2.75, 3.05) is 0 Å². The number of nitrogens with zero attached hydrogens (tertiary/aromatic N) is 3. The van der Waals surface area contributed by atoms with Gasteiger partial charge in [-0.05, 0) is 38.3 Å². The number of carbonyl (C=O) groups excluding carboxylic acids is 1. The second-order valence-electron chi connectivity index (χ2n) is 6.53. The van der Waals surface area contributed by atoms with Crippen LogP contribution < -0.4 is 5.32 Å². The van der Waals surface area contributed by atoms with Gasteiger partial charge in [-0.1, -0.05) is 29.8 Å². The highest BCUT2D eigenvalue weighted by Gasteiger charge is 2.33. The Morgan fingerprint density at radius 2 is 2.17 bits per heavy atom. The van der Waals surface area contributed by atoms with E-state index in [0.29, 0.717) is 19.1 Å². The summed E-state index contributed by atoms with van der Waals surface area (Å²) in [6.45, 7) is 5.11. The maximum atomic E-state index is 12.4.